The Labute approximate surface area is 98.3 Å². The average molecular weight is 221 g/mol. The van der Waals surface area contributed by atoms with Gasteiger partial charge in [0.1, 0.15) is 12.2 Å². The van der Waals surface area contributed by atoms with E-state index in [-0.39, 0.29) is 0 Å². The van der Waals surface area contributed by atoms with Gasteiger partial charge >= 0.3 is 0 Å². The summed E-state index contributed by atoms with van der Waals surface area (Å²) < 4.78 is 2.12. The summed E-state index contributed by atoms with van der Waals surface area (Å²) in [5, 5.41) is 4.37. The predicted molar refractivity (Wildman–Crippen MR) is 65.1 cm³/mol. The third-order valence-electron chi connectivity index (χ3n) is 4.38. The van der Waals surface area contributed by atoms with Gasteiger partial charge in [0.2, 0.25) is 0 Å². The second kappa shape index (κ2) is 3.86. The van der Waals surface area contributed by atoms with Gasteiger partial charge in [0.05, 0.1) is 0 Å². The molecular formula is C13H23N3. The van der Waals surface area contributed by atoms with Crippen molar-refractivity contribution < 1.29 is 0 Å². The van der Waals surface area contributed by atoms with Gasteiger partial charge in [-0.2, -0.15) is 5.10 Å². The van der Waals surface area contributed by atoms with E-state index in [1.807, 2.05) is 0 Å². The van der Waals surface area contributed by atoms with Crippen LogP contribution in [-0.2, 0) is 13.0 Å². The Balaban J connectivity index is 2.32. The van der Waals surface area contributed by atoms with Crippen LogP contribution in [0.3, 0.4) is 0 Å². The molecule has 0 fully saturated rings. The van der Waals surface area contributed by atoms with Crippen molar-refractivity contribution in [2.45, 2.75) is 59.9 Å². The summed E-state index contributed by atoms with van der Waals surface area (Å²) in [5.74, 6) is 1.16. The first-order chi connectivity index (χ1) is 7.42. The number of hydrogen-bond acceptors (Lipinski definition) is 2. The molecule has 1 atom stereocenters. The molecule has 2 rings (SSSR count). The Bertz CT molecular complexity index is 361. The van der Waals surface area contributed by atoms with Crippen LogP contribution in [0.2, 0.25) is 0 Å². The van der Waals surface area contributed by atoms with Gasteiger partial charge in [-0.3, -0.25) is 0 Å². The molecule has 0 aromatic carbocycles. The lowest BCUT2D eigenvalue weighted by Crippen LogP contribution is -2.38. The van der Waals surface area contributed by atoms with Gasteiger partial charge < -0.3 is 0 Å². The Morgan fingerprint density at radius 2 is 2.06 bits per heavy atom. The fourth-order valence-corrected chi connectivity index (χ4v) is 2.43. The van der Waals surface area contributed by atoms with Crippen molar-refractivity contribution in [2.24, 2.45) is 10.8 Å². The molecule has 16 heavy (non-hydrogen) atoms. The number of nitrogens with zero attached hydrogens (tertiary/aromatic N) is 3. The molecule has 0 aliphatic carbocycles. The molecule has 1 aromatic rings. The molecule has 1 aliphatic rings. The Kier molecular flexibility index (Phi) is 2.81. The van der Waals surface area contributed by atoms with Crippen LogP contribution < -0.4 is 0 Å². The highest BCUT2D eigenvalue weighted by Gasteiger charge is 2.38. The van der Waals surface area contributed by atoms with Crippen LogP contribution in [0, 0.1) is 10.8 Å². The van der Waals surface area contributed by atoms with E-state index in [9.17, 15) is 0 Å². The summed E-state index contributed by atoms with van der Waals surface area (Å²) >= 11 is 0. The molecule has 0 radical (unpaired) electrons. The molecule has 2 heterocycles. The Hall–Kier alpha value is -0.860. The SMILES string of the molecule is CC(C)(C)C1(C)CCCCc2ncnn2C1. The molecule has 0 saturated carbocycles. The second-order valence-electron chi connectivity index (χ2n) is 6.35. The quantitative estimate of drug-likeness (QED) is 0.674. The maximum Gasteiger partial charge on any atom is 0.138 e. The van der Waals surface area contributed by atoms with E-state index >= 15 is 0 Å². The fourth-order valence-electron chi connectivity index (χ4n) is 2.43. The Morgan fingerprint density at radius 1 is 1.31 bits per heavy atom. The minimum atomic E-state index is 0.313. The van der Waals surface area contributed by atoms with Gasteiger partial charge in [-0.15, -0.1) is 0 Å². The summed E-state index contributed by atoms with van der Waals surface area (Å²) in [4.78, 5) is 4.36. The first kappa shape index (κ1) is 11.6. The van der Waals surface area contributed by atoms with Crippen molar-refractivity contribution in [2.75, 3.05) is 0 Å². The average Bonchev–Trinajstić information content (AvgIpc) is 2.54. The van der Waals surface area contributed by atoms with Gasteiger partial charge in [-0.1, -0.05) is 34.1 Å². The standard InChI is InChI=1S/C13H23N3/c1-12(2,3)13(4)8-6-5-7-11-14-10-15-16(11)9-13/h10H,5-9H2,1-4H3. The van der Waals surface area contributed by atoms with Crippen LogP contribution in [0.4, 0.5) is 0 Å². The summed E-state index contributed by atoms with van der Waals surface area (Å²) in [7, 11) is 0. The molecule has 3 nitrogen and oxygen atoms in total. The van der Waals surface area contributed by atoms with Crippen molar-refractivity contribution in [3.63, 3.8) is 0 Å². The zero-order valence-electron chi connectivity index (χ0n) is 11.0. The van der Waals surface area contributed by atoms with E-state index in [0.717, 1.165) is 18.8 Å². The summed E-state index contributed by atoms with van der Waals surface area (Å²) in [6.45, 7) is 10.4. The molecule has 0 spiro atoms. The van der Waals surface area contributed by atoms with E-state index in [0.29, 0.717) is 10.8 Å². The van der Waals surface area contributed by atoms with Crippen LogP contribution in [0.15, 0.2) is 6.33 Å². The molecule has 0 amide bonds. The number of fused-ring (bicyclic) bond motifs is 1. The van der Waals surface area contributed by atoms with Gasteiger partial charge in [0, 0.05) is 13.0 Å². The first-order valence-electron chi connectivity index (χ1n) is 6.29. The van der Waals surface area contributed by atoms with Crippen molar-refractivity contribution >= 4 is 0 Å². The van der Waals surface area contributed by atoms with E-state index in [2.05, 4.69) is 42.5 Å². The molecule has 1 unspecified atom stereocenters. The Morgan fingerprint density at radius 3 is 2.75 bits per heavy atom. The first-order valence-corrected chi connectivity index (χ1v) is 6.29. The molecule has 0 saturated heterocycles. The van der Waals surface area contributed by atoms with Crippen LogP contribution in [0.1, 0.15) is 52.8 Å². The molecule has 3 heteroatoms. The lowest BCUT2D eigenvalue weighted by atomic mass is 9.65. The molecule has 1 aliphatic heterocycles. The van der Waals surface area contributed by atoms with Gasteiger partial charge in [0.25, 0.3) is 0 Å². The highest BCUT2D eigenvalue weighted by atomic mass is 15.3. The number of aryl methyl sites for hydroxylation is 1. The highest BCUT2D eigenvalue weighted by molar-refractivity contribution is 4.93. The normalized spacial score (nSPS) is 27.0. The van der Waals surface area contributed by atoms with E-state index in [1.54, 1.807) is 6.33 Å². The largest absolute Gasteiger partial charge is 0.250 e. The van der Waals surface area contributed by atoms with E-state index < -0.39 is 0 Å². The monoisotopic (exact) mass is 221 g/mol. The van der Waals surface area contributed by atoms with E-state index in [1.165, 1.54) is 19.3 Å². The molecular weight excluding hydrogens is 198 g/mol. The number of aromatic nitrogens is 3. The maximum atomic E-state index is 4.37. The molecule has 1 aromatic heterocycles. The maximum absolute atomic E-state index is 4.37. The van der Waals surface area contributed by atoms with Gasteiger partial charge in [-0.25, -0.2) is 9.67 Å². The third kappa shape index (κ3) is 2.00. The third-order valence-corrected chi connectivity index (χ3v) is 4.38. The van der Waals surface area contributed by atoms with Gasteiger partial charge in [0.15, 0.2) is 0 Å². The van der Waals surface area contributed by atoms with Crippen molar-refractivity contribution in [3.8, 4) is 0 Å². The van der Waals surface area contributed by atoms with Crippen LogP contribution in [0.5, 0.6) is 0 Å². The summed E-state index contributed by atoms with van der Waals surface area (Å²) in [6.07, 6.45) is 6.62. The minimum Gasteiger partial charge on any atom is -0.250 e. The molecule has 90 valence electrons. The fraction of sp³-hybridized carbons (Fsp3) is 0.846. The predicted octanol–water partition coefficient (Wildman–Crippen LogP) is 3.06. The lowest BCUT2D eigenvalue weighted by molar-refractivity contribution is 0.0612. The van der Waals surface area contributed by atoms with Crippen LogP contribution in [-0.4, -0.2) is 14.8 Å². The topological polar surface area (TPSA) is 30.7 Å². The lowest BCUT2D eigenvalue weighted by Gasteiger charge is -2.43. The van der Waals surface area contributed by atoms with Crippen molar-refractivity contribution in [1.82, 2.24) is 14.8 Å². The molecule has 0 bridgehead atoms. The van der Waals surface area contributed by atoms with Crippen LogP contribution in [0.25, 0.3) is 0 Å². The van der Waals surface area contributed by atoms with Crippen molar-refractivity contribution in [1.29, 1.82) is 0 Å². The number of hydrogen-bond donors (Lipinski definition) is 0. The smallest absolute Gasteiger partial charge is 0.138 e. The minimum absolute atomic E-state index is 0.313. The second-order valence-corrected chi connectivity index (χ2v) is 6.35. The van der Waals surface area contributed by atoms with Gasteiger partial charge in [-0.05, 0) is 23.7 Å². The van der Waals surface area contributed by atoms with Crippen molar-refractivity contribution in [3.05, 3.63) is 12.2 Å². The highest BCUT2D eigenvalue weighted by Crippen LogP contribution is 2.44. The number of rotatable bonds is 0. The van der Waals surface area contributed by atoms with E-state index in [4.69, 9.17) is 0 Å². The zero-order valence-corrected chi connectivity index (χ0v) is 11.0. The summed E-state index contributed by atoms with van der Waals surface area (Å²) in [6, 6.07) is 0. The summed E-state index contributed by atoms with van der Waals surface area (Å²) in [5.41, 5.74) is 0.628. The van der Waals surface area contributed by atoms with Crippen LogP contribution >= 0.6 is 0 Å². The zero-order chi connectivity index (χ0) is 11.8. The molecule has 0 N–H and O–H groups in total.